The van der Waals surface area contributed by atoms with Crippen LogP contribution < -0.4 is 9.64 Å². The molecule has 166 valence electrons. The van der Waals surface area contributed by atoms with E-state index in [1.54, 1.807) is 72.8 Å². The summed E-state index contributed by atoms with van der Waals surface area (Å²) >= 11 is 0. The monoisotopic (exact) mass is 443 g/mol. The number of anilines is 1. The van der Waals surface area contributed by atoms with Gasteiger partial charge in [-0.2, -0.15) is 0 Å². The number of carbonyl (C=O) groups excluding carboxylic acids is 3. The molecule has 1 aliphatic heterocycles. The Bertz CT molecular complexity index is 1250. The van der Waals surface area contributed by atoms with Crippen LogP contribution in [0.5, 0.6) is 5.75 Å². The molecular formula is C26H21NO6. The maximum Gasteiger partial charge on any atom is 0.337 e. The van der Waals surface area contributed by atoms with Gasteiger partial charge in [0.25, 0.3) is 11.7 Å². The Kier molecular flexibility index (Phi) is 5.95. The van der Waals surface area contributed by atoms with Gasteiger partial charge in [-0.25, -0.2) is 4.79 Å². The fourth-order valence-corrected chi connectivity index (χ4v) is 3.85. The summed E-state index contributed by atoms with van der Waals surface area (Å²) < 4.78 is 10.0. The van der Waals surface area contributed by atoms with Crippen molar-refractivity contribution in [3.8, 4) is 5.75 Å². The Morgan fingerprint density at radius 1 is 0.879 bits per heavy atom. The quantitative estimate of drug-likeness (QED) is 0.276. The normalized spacial score (nSPS) is 17.2. The number of Topliss-reactive ketones (excluding diaryl/α,β-unsaturated/α-hetero) is 1. The Morgan fingerprint density at radius 2 is 1.55 bits per heavy atom. The van der Waals surface area contributed by atoms with E-state index in [1.807, 2.05) is 0 Å². The lowest BCUT2D eigenvalue weighted by molar-refractivity contribution is -0.132. The van der Waals surface area contributed by atoms with E-state index in [-0.39, 0.29) is 16.9 Å². The van der Waals surface area contributed by atoms with Crippen LogP contribution in [0.4, 0.5) is 5.69 Å². The van der Waals surface area contributed by atoms with Crippen molar-refractivity contribution in [3.63, 3.8) is 0 Å². The third-order valence-corrected chi connectivity index (χ3v) is 5.47. The number of ketones is 1. The van der Waals surface area contributed by atoms with Crippen LogP contribution in [0, 0.1) is 0 Å². The maximum absolute atomic E-state index is 13.2. The first-order valence-electron chi connectivity index (χ1n) is 10.1. The number of esters is 1. The summed E-state index contributed by atoms with van der Waals surface area (Å²) in [4.78, 5) is 39.7. The molecule has 0 aliphatic carbocycles. The van der Waals surface area contributed by atoms with Crippen LogP contribution in [-0.2, 0) is 14.3 Å². The molecule has 0 aromatic heterocycles. The third-order valence-electron chi connectivity index (χ3n) is 5.47. The van der Waals surface area contributed by atoms with Crippen molar-refractivity contribution in [2.75, 3.05) is 19.1 Å². The van der Waals surface area contributed by atoms with Gasteiger partial charge in [-0.05, 0) is 35.9 Å². The lowest BCUT2D eigenvalue weighted by Gasteiger charge is -2.26. The summed E-state index contributed by atoms with van der Waals surface area (Å²) in [5.74, 6) is -1.87. The van der Waals surface area contributed by atoms with Gasteiger partial charge in [0.2, 0.25) is 0 Å². The highest BCUT2D eigenvalue weighted by Gasteiger charge is 2.47. The van der Waals surface area contributed by atoms with Crippen molar-refractivity contribution in [3.05, 3.63) is 101 Å². The molecule has 1 atom stereocenters. The number of benzene rings is 3. The fraction of sp³-hybridized carbons (Fsp3) is 0.115. The second-order valence-corrected chi connectivity index (χ2v) is 7.35. The molecule has 1 amide bonds. The second-order valence-electron chi connectivity index (χ2n) is 7.35. The molecule has 1 aliphatic rings. The van der Waals surface area contributed by atoms with E-state index in [2.05, 4.69) is 0 Å². The van der Waals surface area contributed by atoms with Gasteiger partial charge in [-0.1, -0.05) is 48.5 Å². The van der Waals surface area contributed by atoms with Crippen molar-refractivity contribution in [2.45, 2.75) is 6.04 Å². The van der Waals surface area contributed by atoms with E-state index in [4.69, 9.17) is 9.47 Å². The minimum atomic E-state index is -0.913. The smallest absolute Gasteiger partial charge is 0.337 e. The van der Waals surface area contributed by atoms with Crippen LogP contribution in [-0.4, -0.2) is 37.0 Å². The summed E-state index contributed by atoms with van der Waals surface area (Å²) in [6.45, 7) is 0. The van der Waals surface area contributed by atoms with Gasteiger partial charge >= 0.3 is 5.97 Å². The summed E-state index contributed by atoms with van der Waals surface area (Å²) in [6.07, 6.45) is 0. The topological polar surface area (TPSA) is 93.1 Å². The lowest BCUT2D eigenvalue weighted by Crippen LogP contribution is -2.29. The average molecular weight is 443 g/mol. The lowest BCUT2D eigenvalue weighted by atomic mass is 9.95. The summed E-state index contributed by atoms with van der Waals surface area (Å²) in [5.41, 5.74) is 1.52. The van der Waals surface area contributed by atoms with Gasteiger partial charge in [-0.3, -0.25) is 14.5 Å². The van der Waals surface area contributed by atoms with Crippen molar-refractivity contribution < 1.29 is 29.0 Å². The SMILES string of the molecule is COC(=O)c1cccc(N2C(=O)C(=O)/C(=C(/O)c3ccccc3)C2c2ccc(OC)cc2)c1. The van der Waals surface area contributed by atoms with E-state index < -0.39 is 23.7 Å². The number of aliphatic hydroxyl groups is 1. The molecular weight excluding hydrogens is 422 g/mol. The molecule has 0 spiro atoms. The summed E-state index contributed by atoms with van der Waals surface area (Å²) in [7, 11) is 2.80. The average Bonchev–Trinajstić information content (AvgIpc) is 3.14. The molecule has 0 saturated carbocycles. The molecule has 33 heavy (non-hydrogen) atoms. The number of rotatable bonds is 5. The molecule has 7 heteroatoms. The Labute approximate surface area is 190 Å². The molecule has 7 nitrogen and oxygen atoms in total. The highest BCUT2D eigenvalue weighted by Crippen LogP contribution is 2.42. The van der Waals surface area contributed by atoms with E-state index in [0.29, 0.717) is 22.6 Å². The zero-order valence-electron chi connectivity index (χ0n) is 18.0. The standard InChI is InChI=1S/C26H21NO6/c1-32-20-13-11-16(12-14-20)22-21(23(28)17-7-4-3-5-8-17)24(29)25(30)27(22)19-10-6-9-18(15-19)26(31)33-2/h3-15,22,28H,1-2H3/b23-21+. The number of aliphatic hydroxyl groups excluding tert-OH is 1. The zero-order chi connectivity index (χ0) is 23.5. The molecule has 1 heterocycles. The minimum Gasteiger partial charge on any atom is -0.507 e. The first-order chi connectivity index (χ1) is 16.0. The molecule has 1 fully saturated rings. The summed E-state index contributed by atoms with van der Waals surface area (Å²) in [6, 6.07) is 20.8. The van der Waals surface area contributed by atoms with Gasteiger partial charge in [0.05, 0.1) is 31.4 Å². The van der Waals surface area contributed by atoms with Crippen LogP contribution in [0.3, 0.4) is 0 Å². The molecule has 0 bridgehead atoms. The Hall–Kier alpha value is -4.39. The predicted octanol–water partition coefficient (Wildman–Crippen LogP) is 4.11. The number of methoxy groups -OCH3 is 2. The van der Waals surface area contributed by atoms with E-state index in [1.165, 1.54) is 25.2 Å². The number of ether oxygens (including phenoxy) is 2. The molecule has 4 rings (SSSR count). The first kappa shape index (κ1) is 21.8. The zero-order valence-corrected chi connectivity index (χ0v) is 18.0. The molecule has 0 radical (unpaired) electrons. The van der Waals surface area contributed by atoms with Crippen LogP contribution in [0.15, 0.2) is 84.4 Å². The minimum absolute atomic E-state index is 0.0418. The summed E-state index contributed by atoms with van der Waals surface area (Å²) in [5, 5.41) is 11.1. The Balaban J connectivity index is 1.92. The number of carbonyl (C=O) groups is 3. The van der Waals surface area contributed by atoms with Gasteiger partial charge in [0, 0.05) is 11.3 Å². The third kappa shape index (κ3) is 3.96. The number of hydrogen-bond donors (Lipinski definition) is 1. The molecule has 1 unspecified atom stereocenters. The first-order valence-corrected chi connectivity index (χ1v) is 10.1. The van der Waals surface area contributed by atoms with E-state index in [9.17, 15) is 19.5 Å². The molecule has 3 aromatic rings. The van der Waals surface area contributed by atoms with Gasteiger partial charge in [-0.15, -0.1) is 0 Å². The van der Waals surface area contributed by atoms with Gasteiger partial charge in [0.15, 0.2) is 0 Å². The van der Waals surface area contributed by atoms with Crippen molar-refractivity contribution >= 4 is 29.1 Å². The second kappa shape index (κ2) is 9.00. The Morgan fingerprint density at radius 3 is 2.18 bits per heavy atom. The van der Waals surface area contributed by atoms with Crippen LogP contribution in [0.2, 0.25) is 0 Å². The number of nitrogens with zero attached hydrogens (tertiary/aromatic N) is 1. The molecule has 3 aromatic carbocycles. The van der Waals surface area contributed by atoms with Crippen LogP contribution in [0.1, 0.15) is 27.5 Å². The fourth-order valence-electron chi connectivity index (χ4n) is 3.85. The van der Waals surface area contributed by atoms with Crippen LogP contribution in [0.25, 0.3) is 5.76 Å². The molecule has 1 N–H and O–H groups in total. The predicted molar refractivity (Wildman–Crippen MR) is 122 cm³/mol. The van der Waals surface area contributed by atoms with E-state index in [0.717, 1.165) is 0 Å². The van der Waals surface area contributed by atoms with Crippen molar-refractivity contribution in [1.82, 2.24) is 0 Å². The van der Waals surface area contributed by atoms with E-state index >= 15 is 0 Å². The van der Waals surface area contributed by atoms with Gasteiger partial charge in [0.1, 0.15) is 11.5 Å². The highest BCUT2D eigenvalue weighted by atomic mass is 16.5. The van der Waals surface area contributed by atoms with Crippen LogP contribution >= 0.6 is 0 Å². The van der Waals surface area contributed by atoms with Gasteiger partial charge < -0.3 is 14.6 Å². The largest absolute Gasteiger partial charge is 0.507 e. The van der Waals surface area contributed by atoms with Crippen molar-refractivity contribution in [2.24, 2.45) is 0 Å². The molecule has 1 saturated heterocycles. The number of amides is 1. The highest BCUT2D eigenvalue weighted by molar-refractivity contribution is 6.51. The number of hydrogen-bond acceptors (Lipinski definition) is 6. The maximum atomic E-state index is 13.2. The van der Waals surface area contributed by atoms with Crippen molar-refractivity contribution in [1.29, 1.82) is 0 Å².